The number of nitrogens with two attached hydrogens (primary N) is 1. The van der Waals surface area contributed by atoms with Crippen LogP contribution in [-0.4, -0.2) is 49.9 Å². The highest BCUT2D eigenvalue weighted by Gasteiger charge is 2.31. The predicted molar refractivity (Wildman–Crippen MR) is 161 cm³/mol. The maximum atomic E-state index is 14.1. The van der Waals surface area contributed by atoms with Crippen LogP contribution in [0.15, 0.2) is 77.8 Å². The first kappa shape index (κ1) is 29.8. The highest BCUT2D eigenvalue weighted by atomic mass is 32.2. The Morgan fingerprint density at radius 1 is 0.978 bits per heavy atom. The minimum absolute atomic E-state index is 0.0487. The zero-order valence-electron chi connectivity index (χ0n) is 23.9. The van der Waals surface area contributed by atoms with Crippen LogP contribution in [0.25, 0.3) is 27.6 Å². The summed E-state index contributed by atoms with van der Waals surface area (Å²) in [5, 5.41) is 4.44. The third kappa shape index (κ3) is 5.48. The molecule has 3 N–H and O–H groups in total. The third-order valence-corrected chi connectivity index (χ3v) is 9.13. The molecule has 0 saturated heterocycles. The number of halogens is 3. The Balaban J connectivity index is 1.47. The van der Waals surface area contributed by atoms with Crippen LogP contribution in [0.1, 0.15) is 50.6 Å². The molecule has 6 aromatic rings. The van der Waals surface area contributed by atoms with Gasteiger partial charge in [0.25, 0.3) is 10.0 Å². The molecule has 0 fully saturated rings. The fourth-order valence-electron chi connectivity index (χ4n) is 5.13. The topological polar surface area (TPSA) is 146 Å². The van der Waals surface area contributed by atoms with E-state index in [1.165, 1.54) is 47.3 Å². The molecule has 6 rings (SSSR count). The van der Waals surface area contributed by atoms with E-state index in [0.717, 1.165) is 20.6 Å². The molecular formula is C31H25F3N6O4S. The van der Waals surface area contributed by atoms with Gasteiger partial charge < -0.3 is 10.7 Å². The lowest BCUT2D eigenvalue weighted by atomic mass is 10.0. The molecule has 0 aliphatic rings. The number of imidazole rings is 1. The second-order valence-corrected chi connectivity index (χ2v) is 12.4. The molecule has 0 atom stereocenters. The smallest absolute Gasteiger partial charge is 0.383 e. The van der Waals surface area contributed by atoms with Crippen molar-refractivity contribution in [3.63, 3.8) is 0 Å². The summed E-state index contributed by atoms with van der Waals surface area (Å²) in [6, 6.07) is 16.4. The second kappa shape index (κ2) is 10.7. The van der Waals surface area contributed by atoms with E-state index in [2.05, 4.69) is 15.1 Å². The van der Waals surface area contributed by atoms with Crippen molar-refractivity contribution in [1.82, 2.24) is 23.7 Å². The van der Waals surface area contributed by atoms with Crippen molar-refractivity contribution in [3.05, 3.63) is 101 Å². The zero-order valence-corrected chi connectivity index (χ0v) is 24.7. The van der Waals surface area contributed by atoms with E-state index in [0.29, 0.717) is 11.5 Å². The van der Waals surface area contributed by atoms with E-state index in [-0.39, 0.29) is 38.4 Å². The van der Waals surface area contributed by atoms with Gasteiger partial charge in [-0.05, 0) is 68.4 Å². The van der Waals surface area contributed by atoms with Crippen LogP contribution in [0.3, 0.4) is 0 Å². The van der Waals surface area contributed by atoms with Crippen LogP contribution in [0, 0.1) is 13.8 Å². The number of aromatic nitrogens is 5. The first-order chi connectivity index (χ1) is 21.2. The Kier molecular flexibility index (Phi) is 7.11. The van der Waals surface area contributed by atoms with Gasteiger partial charge in [-0.1, -0.05) is 17.7 Å². The summed E-state index contributed by atoms with van der Waals surface area (Å²) >= 11 is 0. The molecular weight excluding hydrogens is 609 g/mol. The van der Waals surface area contributed by atoms with E-state index < -0.39 is 40.6 Å². The number of alkyl halides is 3. The summed E-state index contributed by atoms with van der Waals surface area (Å²) in [6.45, 7) is 3.60. The lowest BCUT2D eigenvalue weighted by Crippen LogP contribution is -2.19. The molecule has 10 nitrogen and oxygen atoms in total. The van der Waals surface area contributed by atoms with Crippen LogP contribution in [0.2, 0.25) is 0 Å². The van der Waals surface area contributed by atoms with Crippen LogP contribution < -0.4 is 5.73 Å². The molecule has 3 aromatic carbocycles. The fraction of sp³-hybridized carbons (Fsp3) is 0.161. The Hall–Kier alpha value is -5.24. The average molecular weight is 635 g/mol. The number of benzene rings is 3. The van der Waals surface area contributed by atoms with E-state index in [9.17, 15) is 31.2 Å². The van der Waals surface area contributed by atoms with Crippen molar-refractivity contribution in [2.75, 3.05) is 5.73 Å². The van der Waals surface area contributed by atoms with Crippen molar-refractivity contribution in [2.24, 2.45) is 0 Å². The maximum Gasteiger partial charge on any atom is 0.389 e. The van der Waals surface area contributed by atoms with Crippen molar-refractivity contribution in [2.45, 2.75) is 37.8 Å². The number of aryl methyl sites for hydroxylation is 2. The van der Waals surface area contributed by atoms with Crippen molar-refractivity contribution < 1.29 is 31.2 Å². The molecule has 230 valence electrons. The molecule has 3 heterocycles. The number of anilines is 1. The van der Waals surface area contributed by atoms with Crippen LogP contribution >= 0.6 is 0 Å². The number of nitrogens with one attached hydrogen (secondary N) is 1. The molecule has 0 bridgehead atoms. The van der Waals surface area contributed by atoms with E-state index in [1.807, 2.05) is 6.92 Å². The van der Waals surface area contributed by atoms with Gasteiger partial charge in [0.15, 0.2) is 5.78 Å². The monoisotopic (exact) mass is 634 g/mol. The van der Waals surface area contributed by atoms with Crippen LogP contribution in [0.4, 0.5) is 19.0 Å². The Bertz CT molecular complexity index is 2250. The van der Waals surface area contributed by atoms with E-state index >= 15 is 0 Å². The van der Waals surface area contributed by atoms with Gasteiger partial charge in [-0.25, -0.2) is 22.1 Å². The second-order valence-electron chi connectivity index (χ2n) is 10.6. The van der Waals surface area contributed by atoms with Crippen LogP contribution in [-0.2, 0) is 10.0 Å². The van der Waals surface area contributed by atoms with Gasteiger partial charge in [-0.2, -0.15) is 18.3 Å². The van der Waals surface area contributed by atoms with Crippen molar-refractivity contribution in [1.29, 1.82) is 0 Å². The molecule has 0 spiro atoms. The molecule has 0 aliphatic carbocycles. The summed E-state index contributed by atoms with van der Waals surface area (Å²) in [4.78, 5) is 34.0. The number of hydrogen-bond acceptors (Lipinski definition) is 7. The van der Waals surface area contributed by atoms with Gasteiger partial charge in [0.2, 0.25) is 5.78 Å². The maximum absolute atomic E-state index is 14.1. The van der Waals surface area contributed by atoms with Crippen LogP contribution in [0.5, 0.6) is 0 Å². The highest BCUT2D eigenvalue weighted by Crippen LogP contribution is 2.31. The van der Waals surface area contributed by atoms with Gasteiger partial charge in [-0.3, -0.25) is 9.59 Å². The zero-order chi connectivity index (χ0) is 32.3. The number of Topliss-reactive ketones (excluding diaryl/α,β-unsaturated/α-hetero) is 1. The third-order valence-electron chi connectivity index (χ3n) is 7.39. The quantitative estimate of drug-likeness (QED) is 0.198. The Labute approximate surface area is 254 Å². The largest absolute Gasteiger partial charge is 0.389 e. The molecule has 0 aliphatic heterocycles. The number of hydrogen-bond donors (Lipinski definition) is 2. The standard InChI is InChI=1S/C31H25F3N6O4S/c1-17-3-7-22(8-4-17)45(43,44)40-26-10-5-19(28(41)11-12-31(32,33)34)13-20(26)14-27(40)29(42)23-16-36-39(30(23)35)21-6-9-24-25(15-21)38-18(2)37-24/h3-10,13-16H,11-12,35H2,1-2H3,(H,37,38). The number of carbonyl (C=O) groups excluding carboxylic acids is 2. The minimum Gasteiger partial charge on any atom is -0.383 e. The molecule has 45 heavy (non-hydrogen) atoms. The number of nitrogen functional groups attached to an aromatic ring is 1. The summed E-state index contributed by atoms with van der Waals surface area (Å²) in [6.07, 6.45) is -5.36. The van der Waals surface area contributed by atoms with Gasteiger partial charge in [0.05, 0.1) is 45.3 Å². The number of H-pyrrole nitrogens is 1. The lowest BCUT2D eigenvalue weighted by molar-refractivity contribution is -0.133. The molecule has 0 unspecified atom stereocenters. The summed E-state index contributed by atoms with van der Waals surface area (Å²) in [7, 11) is -4.38. The number of aromatic amines is 1. The molecule has 0 amide bonds. The van der Waals surface area contributed by atoms with Crippen molar-refractivity contribution >= 4 is 49.3 Å². The normalized spacial score (nSPS) is 12.3. The minimum atomic E-state index is -4.52. The van der Waals surface area contributed by atoms with Gasteiger partial charge in [0.1, 0.15) is 17.3 Å². The number of fused-ring (bicyclic) bond motifs is 2. The summed E-state index contributed by atoms with van der Waals surface area (Å²) in [5.41, 5.74) is 8.80. The first-order valence-electron chi connectivity index (χ1n) is 13.7. The fourth-order valence-corrected chi connectivity index (χ4v) is 6.64. The number of rotatable bonds is 8. The SMILES string of the molecule is Cc1ccc(S(=O)(=O)n2c(C(=O)c3cnn(-c4ccc5nc(C)[nH]c5c4)c3N)cc3cc(C(=O)CCC(F)(F)F)ccc32)cc1. The number of nitrogens with zero attached hydrogens (tertiary/aromatic N) is 4. The molecule has 14 heteroatoms. The van der Waals surface area contributed by atoms with Gasteiger partial charge in [0, 0.05) is 17.4 Å². The molecule has 0 saturated carbocycles. The van der Waals surface area contributed by atoms with Gasteiger partial charge >= 0.3 is 6.18 Å². The predicted octanol–water partition coefficient (Wildman–Crippen LogP) is 5.90. The van der Waals surface area contributed by atoms with Gasteiger partial charge in [-0.15, -0.1) is 0 Å². The first-order valence-corrected chi connectivity index (χ1v) is 15.1. The van der Waals surface area contributed by atoms with E-state index in [4.69, 9.17) is 5.73 Å². The summed E-state index contributed by atoms with van der Waals surface area (Å²) < 4.78 is 68.4. The summed E-state index contributed by atoms with van der Waals surface area (Å²) in [5.74, 6) is -0.886. The molecule has 0 radical (unpaired) electrons. The molecule has 3 aromatic heterocycles. The average Bonchev–Trinajstić information content (AvgIpc) is 3.68. The van der Waals surface area contributed by atoms with E-state index in [1.54, 1.807) is 37.3 Å². The number of carbonyl (C=O) groups is 2. The number of ketones is 2. The lowest BCUT2D eigenvalue weighted by Gasteiger charge is -2.12. The Morgan fingerprint density at radius 3 is 2.42 bits per heavy atom. The Morgan fingerprint density at radius 2 is 1.71 bits per heavy atom. The van der Waals surface area contributed by atoms with Crippen molar-refractivity contribution in [3.8, 4) is 5.69 Å². The highest BCUT2D eigenvalue weighted by molar-refractivity contribution is 7.90.